The van der Waals surface area contributed by atoms with E-state index in [1.54, 1.807) is 10.9 Å². The number of hydrogen-bond acceptors (Lipinski definition) is 6. The molecule has 2 fully saturated rings. The molecule has 3 aromatic rings. The van der Waals surface area contributed by atoms with Crippen LogP contribution in [0.4, 0.5) is 0 Å². The van der Waals surface area contributed by atoms with Crippen molar-refractivity contribution < 1.29 is 9.21 Å². The molecule has 4 heterocycles. The fourth-order valence-corrected chi connectivity index (χ4v) is 4.73. The molecule has 2 saturated heterocycles. The first kappa shape index (κ1) is 18.1. The largest absolute Gasteiger partial charge is 0.419 e. The van der Waals surface area contributed by atoms with Gasteiger partial charge >= 0.3 is 0 Å². The van der Waals surface area contributed by atoms with Gasteiger partial charge in [0.15, 0.2) is 0 Å². The summed E-state index contributed by atoms with van der Waals surface area (Å²) in [5.41, 5.74) is 2.48. The summed E-state index contributed by atoms with van der Waals surface area (Å²) in [4.78, 5) is 17.0. The Labute approximate surface area is 169 Å². The number of carbonyl (C=O) groups excluding carboxylic acids is 1. The molecule has 1 atom stereocenters. The van der Waals surface area contributed by atoms with Gasteiger partial charge in [-0.1, -0.05) is 18.2 Å². The van der Waals surface area contributed by atoms with E-state index in [1.807, 2.05) is 49.2 Å². The Morgan fingerprint density at radius 1 is 1.14 bits per heavy atom. The number of rotatable bonds is 3. The zero-order valence-electron chi connectivity index (χ0n) is 16.9. The Balaban J connectivity index is 1.28. The fourth-order valence-electron chi connectivity index (χ4n) is 4.73. The first-order valence-electron chi connectivity index (χ1n) is 9.83. The summed E-state index contributed by atoms with van der Waals surface area (Å²) in [6, 6.07) is 9.89. The van der Waals surface area contributed by atoms with Gasteiger partial charge < -0.3 is 9.32 Å². The van der Waals surface area contributed by atoms with Gasteiger partial charge in [0.1, 0.15) is 0 Å². The van der Waals surface area contributed by atoms with Gasteiger partial charge in [-0.2, -0.15) is 5.10 Å². The summed E-state index contributed by atoms with van der Waals surface area (Å²) in [6.07, 6.45) is 2.71. The lowest BCUT2D eigenvalue weighted by Gasteiger charge is -2.48. The summed E-state index contributed by atoms with van der Waals surface area (Å²) in [5, 5.41) is 12.8. The third-order valence-corrected chi connectivity index (χ3v) is 6.07. The normalized spacial score (nSPS) is 20.9. The predicted octanol–water partition coefficient (Wildman–Crippen LogP) is 2.30. The van der Waals surface area contributed by atoms with Crippen molar-refractivity contribution in [3.05, 3.63) is 53.7 Å². The molecule has 2 aliphatic heterocycles. The van der Waals surface area contributed by atoms with Gasteiger partial charge in [-0.05, 0) is 32.5 Å². The standard InChI is InChI=1S/C21H24N6O2/c1-14-16(10-26(3)24-14)20(28)27-12-21(13-27)9-17(25(2)11-21)19-23-22-18(29-19)15-7-5-4-6-8-15/h4-8,10,17H,9,11-13H2,1-3H3. The summed E-state index contributed by atoms with van der Waals surface area (Å²) >= 11 is 0. The maximum atomic E-state index is 12.8. The Morgan fingerprint density at radius 2 is 1.90 bits per heavy atom. The molecule has 1 aromatic carbocycles. The van der Waals surface area contributed by atoms with E-state index >= 15 is 0 Å². The van der Waals surface area contributed by atoms with Gasteiger partial charge in [0.25, 0.3) is 5.91 Å². The summed E-state index contributed by atoms with van der Waals surface area (Å²) in [6.45, 7) is 4.29. The maximum absolute atomic E-state index is 12.8. The average Bonchev–Trinajstić information content (AvgIpc) is 3.37. The van der Waals surface area contributed by atoms with Crippen molar-refractivity contribution in [3.8, 4) is 11.5 Å². The molecule has 2 aliphatic rings. The fraction of sp³-hybridized carbons (Fsp3) is 0.429. The van der Waals surface area contributed by atoms with Gasteiger partial charge in [0.2, 0.25) is 11.8 Å². The minimum atomic E-state index is 0.0662. The van der Waals surface area contributed by atoms with E-state index in [4.69, 9.17) is 4.42 Å². The van der Waals surface area contributed by atoms with E-state index in [2.05, 4.69) is 27.2 Å². The van der Waals surface area contributed by atoms with Crippen LogP contribution in [0, 0.1) is 12.3 Å². The minimum absolute atomic E-state index is 0.0662. The van der Waals surface area contributed by atoms with Crippen molar-refractivity contribution in [1.29, 1.82) is 0 Å². The van der Waals surface area contributed by atoms with Crippen LogP contribution in [0.25, 0.3) is 11.5 Å². The average molecular weight is 392 g/mol. The van der Waals surface area contributed by atoms with Crippen LogP contribution in [0.1, 0.15) is 34.4 Å². The molecule has 1 spiro atoms. The van der Waals surface area contributed by atoms with E-state index in [0.29, 0.717) is 17.3 Å². The predicted molar refractivity (Wildman–Crippen MR) is 106 cm³/mol. The van der Waals surface area contributed by atoms with E-state index in [1.165, 1.54) is 0 Å². The molecule has 150 valence electrons. The lowest BCUT2D eigenvalue weighted by atomic mass is 9.77. The van der Waals surface area contributed by atoms with Gasteiger partial charge in [0, 0.05) is 43.9 Å². The maximum Gasteiger partial charge on any atom is 0.257 e. The number of aromatic nitrogens is 4. The van der Waals surface area contributed by atoms with Crippen LogP contribution in [0.5, 0.6) is 0 Å². The zero-order valence-corrected chi connectivity index (χ0v) is 16.9. The lowest BCUT2D eigenvalue weighted by Crippen LogP contribution is -2.59. The molecule has 0 aliphatic carbocycles. The SMILES string of the molecule is Cc1nn(C)cc1C(=O)N1CC2(CC(c3nnc(-c4ccccc4)o3)N(C)C2)C1. The topological polar surface area (TPSA) is 80.3 Å². The Hall–Kier alpha value is -3.00. The minimum Gasteiger partial charge on any atom is -0.419 e. The summed E-state index contributed by atoms with van der Waals surface area (Å²) in [5.74, 6) is 1.26. The van der Waals surface area contributed by atoms with Crippen LogP contribution < -0.4 is 0 Å². The third-order valence-electron chi connectivity index (χ3n) is 6.07. The molecule has 0 bridgehead atoms. The molecule has 2 aromatic heterocycles. The molecule has 1 amide bonds. The quantitative estimate of drug-likeness (QED) is 0.680. The van der Waals surface area contributed by atoms with Crippen molar-refractivity contribution >= 4 is 5.91 Å². The highest BCUT2D eigenvalue weighted by Crippen LogP contribution is 2.48. The van der Waals surface area contributed by atoms with Gasteiger partial charge in [-0.3, -0.25) is 14.4 Å². The second-order valence-corrected chi connectivity index (χ2v) is 8.41. The third kappa shape index (κ3) is 3.04. The second-order valence-electron chi connectivity index (χ2n) is 8.41. The van der Waals surface area contributed by atoms with E-state index in [0.717, 1.165) is 37.3 Å². The van der Waals surface area contributed by atoms with Crippen molar-refractivity contribution in [2.24, 2.45) is 12.5 Å². The van der Waals surface area contributed by atoms with E-state index in [-0.39, 0.29) is 17.4 Å². The summed E-state index contributed by atoms with van der Waals surface area (Å²) < 4.78 is 7.68. The highest BCUT2D eigenvalue weighted by atomic mass is 16.4. The number of likely N-dealkylation sites (tertiary alicyclic amines) is 2. The Morgan fingerprint density at radius 3 is 2.59 bits per heavy atom. The van der Waals surface area contributed by atoms with Crippen molar-refractivity contribution in [1.82, 2.24) is 29.8 Å². The number of nitrogens with zero attached hydrogens (tertiary/aromatic N) is 6. The Bertz CT molecular complexity index is 1050. The summed E-state index contributed by atoms with van der Waals surface area (Å²) in [7, 11) is 3.92. The number of amides is 1. The first-order chi connectivity index (χ1) is 13.9. The molecule has 5 rings (SSSR count). The highest BCUT2D eigenvalue weighted by molar-refractivity contribution is 5.95. The molecule has 29 heavy (non-hydrogen) atoms. The van der Waals surface area contributed by atoms with Crippen LogP contribution in [-0.4, -0.2) is 62.4 Å². The Kier molecular flexibility index (Phi) is 4.06. The number of carbonyl (C=O) groups is 1. The van der Waals surface area contributed by atoms with Crippen LogP contribution in [0.3, 0.4) is 0 Å². The molecular formula is C21H24N6O2. The second kappa shape index (κ2) is 6.52. The van der Waals surface area contributed by atoms with Gasteiger partial charge in [-0.15, -0.1) is 10.2 Å². The molecule has 0 radical (unpaired) electrons. The zero-order chi connectivity index (χ0) is 20.2. The number of benzene rings is 1. The smallest absolute Gasteiger partial charge is 0.257 e. The number of aryl methyl sites for hydroxylation is 2. The van der Waals surface area contributed by atoms with Gasteiger partial charge in [-0.25, -0.2) is 0 Å². The molecule has 0 saturated carbocycles. The lowest BCUT2D eigenvalue weighted by molar-refractivity contribution is 0.0114. The van der Waals surface area contributed by atoms with E-state index < -0.39 is 0 Å². The van der Waals surface area contributed by atoms with Crippen LogP contribution >= 0.6 is 0 Å². The first-order valence-corrected chi connectivity index (χ1v) is 9.83. The van der Waals surface area contributed by atoms with Crippen molar-refractivity contribution in [2.75, 3.05) is 26.7 Å². The molecule has 0 N–H and O–H groups in total. The van der Waals surface area contributed by atoms with E-state index in [9.17, 15) is 4.79 Å². The number of hydrogen-bond donors (Lipinski definition) is 0. The van der Waals surface area contributed by atoms with Crippen LogP contribution in [0.2, 0.25) is 0 Å². The monoisotopic (exact) mass is 392 g/mol. The highest BCUT2D eigenvalue weighted by Gasteiger charge is 2.53. The van der Waals surface area contributed by atoms with Crippen molar-refractivity contribution in [3.63, 3.8) is 0 Å². The van der Waals surface area contributed by atoms with Crippen molar-refractivity contribution in [2.45, 2.75) is 19.4 Å². The molecule has 8 nitrogen and oxygen atoms in total. The molecule has 1 unspecified atom stereocenters. The van der Waals surface area contributed by atoms with Gasteiger partial charge in [0.05, 0.1) is 17.3 Å². The molecule has 8 heteroatoms. The molecular weight excluding hydrogens is 368 g/mol. The van der Waals surface area contributed by atoms with Crippen LogP contribution in [-0.2, 0) is 7.05 Å². The van der Waals surface area contributed by atoms with Crippen LogP contribution in [0.15, 0.2) is 40.9 Å².